The highest BCUT2D eigenvalue weighted by atomic mass is 32.1. The molecule has 2 aliphatic rings. The van der Waals surface area contributed by atoms with E-state index in [1.54, 1.807) is 18.3 Å². The standard InChI is InChI=1S/C20H24N4O2S/c21-15(12-7-8-12)11-23-19(26)17-14-5-1-2-6-16(14)27-20(17)24-18(25)13-4-3-9-22-10-13/h3-4,9-10,12,15H,1-2,5-8,11,21H2,(H,23,26)(H,24,25). The van der Waals surface area contributed by atoms with Crippen LogP contribution in [0, 0.1) is 5.92 Å². The molecule has 0 aliphatic heterocycles. The van der Waals surface area contributed by atoms with Gasteiger partial charge in [-0.2, -0.15) is 0 Å². The summed E-state index contributed by atoms with van der Waals surface area (Å²) in [6.07, 6.45) is 9.49. The molecule has 2 aromatic heterocycles. The normalized spacial score (nSPS) is 17.1. The minimum Gasteiger partial charge on any atom is -0.350 e. The fourth-order valence-electron chi connectivity index (χ4n) is 3.56. The molecule has 6 nitrogen and oxygen atoms in total. The first kappa shape index (κ1) is 18.1. The van der Waals surface area contributed by atoms with Crippen LogP contribution in [0.25, 0.3) is 0 Å². The van der Waals surface area contributed by atoms with Crippen molar-refractivity contribution in [1.29, 1.82) is 0 Å². The molecule has 0 aromatic carbocycles. The van der Waals surface area contributed by atoms with Crippen LogP contribution < -0.4 is 16.4 Å². The number of nitrogens with zero attached hydrogens (tertiary/aromatic N) is 1. The number of nitrogens with one attached hydrogen (secondary N) is 2. The van der Waals surface area contributed by atoms with Crippen LogP contribution in [0.3, 0.4) is 0 Å². The number of rotatable bonds is 6. The van der Waals surface area contributed by atoms with Crippen molar-refractivity contribution < 1.29 is 9.59 Å². The molecule has 0 spiro atoms. The highest BCUT2D eigenvalue weighted by Crippen LogP contribution is 2.38. The zero-order valence-electron chi connectivity index (χ0n) is 15.2. The number of anilines is 1. The van der Waals surface area contributed by atoms with E-state index in [1.165, 1.54) is 22.4 Å². The van der Waals surface area contributed by atoms with E-state index >= 15 is 0 Å². The Balaban J connectivity index is 1.56. The van der Waals surface area contributed by atoms with Crippen molar-refractivity contribution >= 4 is 28.2 Å². The van der Waals surface area contributed by atoms with Gasteiger partial charge in [-0.05, 0) is 62.1 Å². The third-order valence-corrected chi connectivity index (χ3v) is 6.48. The molecule has 1 unspecified atom stereocenters. The van der Waals surface area contributed by atoms with Crippen LogP contribution in [-0.4, -0.2) is 29.4 Å². The number of nitrogens with two attached hydrogens (primary N) is 1. The lowest BCUT2D eigenvalue weighted by molar-refractivity contribution is 0.0950. The van der Waals surface area contributed by atoms with E-state index in [0.717, 1.165) is 44.1 Å². The van der Waals surface area contributed by atoms with Crippen molar-refractivity contribution in [3.05, 3.63) is 46.1 Å². The van der Waals surface area contributed by atoms with Crippen LogP contribution in [0.15, 0.2) is 24.5 Å². The third-order valence-electron chi connectivity index (χ3n) is 5.27. The summed E-state index contributed by atoms with van der Waals surface area (Å²) < 4.78 is 0. The number of amides is 2. The SMILES string of the molecule is NC(CNC(=O)c1c(NC(=O)c2cccnc2)sc2c1CCCC2)C1CC1. The molecule has 1 fully saturated rings. The van der Waals surface area contributed by atoms with Gasteiger partial charge in [0.2, 0.25) is 0 Å². The topological polar surface area (TPSA) is 97.1 Å². The maximum absolute atomic E-state index is 12.9. The number of carbonyl (C=O) groups excluding carboxylic acids is 2. The van der Waals surface area contributed by atoms with Gasteiger partial charge < -0.3 is 16.4 Å². The van der Waals surface area contributed by atoms with Gasteiger partial charge in [0.15, 0.2) is 0 Å². The first-order valence-electron chi connectivity index (χ1n) is 9.53. The Morgan fingerprint density at radius 3 is 2.81 bits per heavy atom. The molecule has 2 heterocycles. The molecule has 1 saturated carbocycles. The van der Waals surface area contributed by atoms with Gasteiger partial charge in [-0.25, -0.2) is 0 Å². The van der Waals surface area contributed by atoms with Gasteiger partial charge in [0.1, 0.15) is 5.00 Å². The van der Waals surface area contributed by atoms with Crippen LogP contribution in [-0.2, 0) is 12.8 Å². The molecule has 1 atom stereocenters. The van der Waals surface area contributed by atoms with Gasteiger partial charge in [-0.3, -0.25) is 14.6 Å². The van der Waals surface area contributed by atoms with Crippen molar-refractivity contribution in [3.8, 4) is 0 Å². The average molecular weight is 385 g/mol. The number of thiophene rings is 1. The van der Waals surface area contributed by atoms with Crippen LogP contribution in [0.5, 0.6) is 0 Å². The Morgan fingerprint density at radius 1 is 1.26 bits per heavy atom. The lowest BCUT2D eigenvalue weighted by Gasteiger charge is -2.15. The number of hydrogen-bond donors (Lipinski definition) is 3. The van der Waals surface area contributed by atoms with E-state index in [9.17, 15) is 9.59 Å². The van der Waals surface area contributed by atoms with E-state index in [0.29, 0.717) is 28.6 Å². The molecule has 2 aliphatic carbocycles. The number of aryl methyl sites for hydroxylation is 1. The molecule has 4 rings (SSSR count). The molecular formula is C20H24N4O2S. The summed E-state index contributed by atoms with van der Waals surface area (Å²) in [5.74, 6) is 0.156. The Kier molecular flexibility index (Phi) is 5.22. The van der Waals surface area contributed by atoms with Crippen molar-refractivity contribution in [2.75, 3.05) is 11.9 Å². The number of carbonyl (C=O) groups is 2. The minimum atomic E-state index is -0.245. The second-order valence-electron chi connectivity index (χ2n) is 7.32. The molecular weight excluding hydrogens is 360 g/mol. The van der Waals surface area contributed by atoms with E-state index in [2.05, 4.69) is 15.6 Å². The lowest BCUT2D eigenvalue weighted by atomic mass is 9.95. The van der Waals surface area contributed by atoms with Crippen molar-refractivity contribution in [2.24, 2.45) is 11.7 Å². The smallest absolute Gasteiger partial charge is 0.257 e. The predicted molar refractivity (Wildman–Crippen MR) is 106 cm³/mol. The maximum Gasteiger partial charge on any atom is 0.257 e. The van der Waals surface area contributed by atoms with Crippen molar-refractivity contribution in [1.82, 2.24) is 10.3 Å². The highest BCUT2D eigenvalue weighted by Gasteiger charge is 2.30. The first-order chi connectivity index (χ1) is 13.1. The third kappa shape index (κ3) is 4.04. The molecule has 27 heavy (non-hydrogen) atoms. The Morgan fingerprint density at radius 2 is 2.07 bits per heavy atom. The molecule has 0 saturated heterocycles. The summed E-state index contributed by atoms with van der Waals surface area (Å²) in [6, 6.07) is 3.45. The first-order valence-corrected chi connectivity index (χ1v) is 10.3. The predicted octanol–water partition coefficient (Wildman–Crippen LogP) is 2.74. The minimum absolute atomic E-state index is 0.0110. The van der Waals surface area contributed by atoms with Gasteiger partial charge in [0.05, 0.1) is 11.1 Å². The van der Waals surface area contributed by atoms with Crippen molar-refractivity contribution in [2.45, 2.75) is 44.6 Å². The van der Waals surface area contributed by atoms with Crippen LogP contribution in [0.4, 0.5) is 5.00 Å². The summed E-state index contributed by atoms with van der Waals surface area (Å²) in [5, 5.41) is 6.56. The average Bonchev–Trinajstić information content (AvgIpc) is 3.48. The Hall–Kier alpha value is -2.25. The van der Waals surface area contributed by atoms with Gasteiger partial charge in [0, 0.05) is 29.9 Å². The van der Waals surface area contributed by atoms with E-state index in [4.69, 9.17) is 5.73 Å². The largest absolute Gasteiger partial charge is 0.350 e. The number of aromatic nitrogens is 1. The maximum atomic E-state index is 12.9. The summed E-state index contributed by atoms with van der Waals surface area (Å²) >= 11 is 1.52. The Labute approximate surface area is 162 Å². The molecule has 2 aromatic rings. The molecule has 0 bridgehead atoms. The van der Waals surface area contributed by atoms with Gasteiger partial charge in [-0.1, -0.05) is 0 Å². The van der Waals surface area contributed by atoms with E-state index in [1.807, 2.05) is 0 Å². The number of fused-ring (bicyclic) bond motifs is 1. The van der Waals surface area contributed by atoms with Gasteiger partial charge in [-0.15, -0.1) is 11.3 Å². The van der Waals surface area contributed by atoms with Crippen molar-refractivity contribution in [3.63, 3.8) is 0 Å². The van der Waals surface area contributed by atoms with E-state index in [-0.39, 0.29) is 17.9 Å². The molecule has 142 valence electrons. The summed E-state index contributed by atoms with van der Waals surface area (Å²) in [6.45, 7) is 0.476. The van der Waals surface area contributed by atoms with Crippen LogP contribution >= 0.6 is 11.3 Å². The quantitative estimate of drug-likeness (QED) is 0.713. The lowest BCUT2D eigenvalue weighted by Crippen LogP contribution is -2.39. The molecule has 0 radical (unpaired) electrons. The number of pyridine rings is 1. The molecule has 4 N–H and O–H groups in total. The zero-order valence-corrected chi connectivity index (χ0v) is 16.0. The highest BCUT2D eigenvalue weighted by molar-refractivity contribution is 7.17. The zero-order chi connectivity index (χ0) is 18.8. The fraction of sp³-hybridized carbons (Fsp3) is 0.450. The van der Waals surface area contributed by atoms with Gasteiger partial charge in [0.25, 0.3) is 11.8 Å². The summed E-state index contributed by atoms with van der Waals surface area (Å²) in [4.78, 5) is 30.7. The molecule has 7 heteroatoms. The van der Waals surface area contributed by atoms with Crippen LogP contribution in [0.2, 0.25) is 0 Å². The van der Waals surface area contributed by atoms with Crippen LogP contribution in [0.1, 0.15) is 56.8 Å². The monoisotopic (exact) mass is 384 g/mol. The second kappa shape index (κ2) is 7.78. The summed E-state index contributed by atoms with van der Waals surface area (Å²) in [7, 11) is 0. The van der Waals surface area contributed by atoms with E-state index < -0.39 is 0 Å². The Bertz CT molecular complexity index is 845. The molecule has 2 amide bonds. The summed E-state index contributed by atoms with van der Waals surface area (Å²) in [5.41, 5.74) is 8.31. The van der Waals surface area contributed by atoms with Gasteiger partial charge >= 0.3 is 0 Å². The second-order valence-corrected chi connectivity index (χ2v) is 8.43. The fourth-order valence-corrected chi connectivity index (χ4v) is 4.84. The number of hydrogen-bond acceptors (Lipinski definition) is 5.